The van der Waals surface area contributed by atoms with Gasteiger partial charge in [0.1, 0.15) is 11.6 Å². The van der Waals surface area contributed by atoms with Crippen LogP contribution in [0.25, 0.3) is 16.6 Å². The molecule has 4 rings (SSSR count). The number of fused-ring (bicyclic) bond motifs is 1. The molecule has 134 valence electrons. The lowest BCUT2D eigenvalue weighted by Crippen LogP contribution is -2.38. The molecule has 1 unspecified atom stereocenters. The van der Waals surface area contributed by atoms with Gasteiger partial charge in [-0.05, 0) is 61.9 Å². The van der Waals surface area contributed by atoms with Gasteiger partial charge in [-0.1, -0.05) is 0 Å². The van der Waals surface area contributed by atoms with E-state index in [1.165, 1.54) is 12.1 Å². The van der Waals surface area contributed by atoms with Crippen molar-refractivity contribution >= 4 is 17.0 Å². The minimum atomic E-state index is -0.452. The van der Waals surface area contributed by atoms with Crippen LogP contribution in [0.2, 0.25) is 0 Å². The Morgan fingerprint density at radius 2 is 2.15 bits per heavy atom. The standard InChI is InChI=1S/C19H19FN4O2/c1-12-8-17-13(10-22-24(17)16-4-2-14(20)3-5-16)9-18(12)26-19(25)23-15-6-7-21-11-15/h2-5,8-10,15,21H,6-7,11H2,1H3,(H,23,25). The second-order valence-corrected chi connectivity index (χ2v) is 6.43. The first-order chi connectivity index (χ1) is 12.6. The number of nitrogens with zero attached hydrogens (tertiary/aromatic N) is 2. The lowest BCUT2D eigenvalue weighted by Gasteiger charge is -2.13. The lowest BCUT2D eigenvalue weighted by atomic mass is 10.1. The van der Waals surface area contributed by atoms with E-state index < -0.39 is 6.09 Å². The zero-order valence-electron chi connectivity index (χ0n) is 14.3. The van der Waals surface area contributed by atoms with Gasteiger partial charge < -0.3 is 15.4 Å². The molecule has 2 aromatic carbocycles. The Bertz CT molecular complexity index is 946. The maximum Gasteiger partial charge on any atom is 0.412 e. The molecule has 0 spiro atoms. The second-order valence-electron chi connectivity index (χ2n) is 6.43. The van der Waals surface area contributed by atoms with E-state index in [0.29, 0.717) is 5.75 Å². The number of benzene rings is 2. The van der Waals surface area contributed by atoms with E-state index in [-0.39, 0.29) is 11.9 Å². The van der Waals surface area contributed by atoms with Gasteiger partial charge in [-0.25, -0.2) is 13.9 Å². The van der Waals surface area contributed by atoms with Gasteiger partial charge in [-0.3, -0.25) is 0 Å². The molecule has 0 radical (unpaired) electrons. The topological polar surface area (TPSA) is 68.2 Å². The van der Waals surface area contributed by atoms with E-state index in [4.69, 9.17) is 4.74 Å². The smallest absolute Gasteiger partial charge is 0.410 e. The van der Waals surface area contributed by atoms with Crippen LogP contribution in [-0.2, 0) is 0 Å². The second kappa shape index (κ2) is 6.76. The lowest BCUT2D eigenvalue weighted by molar-refractivity contribution is 0.196. The summed E-state index contributed by atoms with van der Waals surface area (Å²) in [5.41, 5.74) is 2.45. The van der Waals surface area contributed by atoms with Crippen molar-refractivity contribution in [2.45, 2.75) is 19.4 Å². The highest BCUT2D eigenvalue weighted by Crippen LogP contribution is 2.27. The van der Waals surface area contributed by atoms with Gasteiger partial charge in [0, 0.05) is 18.0 Å². The molecule has 1 aliphatic heterocycles. The van der Waals surface area contributed by atoms with Crippen LogP contribution in [0, 0.1) is 12.7 Å². The average Bonchev–Trinajstić information content (AvgIpc) is 3.26. The Balaban J connectivity index is 1.59. The van der Waals surface area contributed by atoms with Crippen LogP contribution in [0.3, 0.4) is 0 Å². The number of ether oxygens (including phenoxy) is 1. The van der Waals surface area contributed by atoms with Gasteiger partial charge in [-0.2, -0.15) is 5.10 Å². The molecule has 0 aliphatic carbocycles. The highest BCUT2D eigenvalue weighted by Gasteiger charge is 2.18. The van der Waals surface area contributed by atoms with Crippen molar-refractivity contribution in [1.82, 2.24) is 20.4 Å². The number of aryl methyl sites for hydroxylation is 1. The fraction of sp³-hybridized carbons (Fsp3) is 0.263. The first-order valence-electron chi connectivity index (χ1n) is 8.53. The van der Waals surface area contributed by atoms with Crippen molar-refractivity contribution in [3.05, 3.63) is 54.0 Å². The Kier molecular flexibility index (Phi) is 4.30. The monoisotopic (exact) mass is 354 g/mol. The van der Waals surface area contributed by atoms with Crippen molar-refractivity contribution in [3.63, 3.8) is 0 Å². The molecule has 0 saturated carbocycles. The van der Waals surface area contributed by atoms with Gasteiger partial charge in [-0.15, -0.1) is 0 Å². The Morgan fingerprint density at radius 1 is 1.35 bits per heavy atom. The summed E-state index contributed by atoms with van der Waals surface area (Å²) in [7, 11) is 0. The van der Waals surface area contributed by atoms with Crippen molar-refractivity contribution in [3.8, 4) is 11.4 Å². The Labute approximate surface area is 150 Å². The number of carbonyl (C=O) groups excluding carboxylic acids is 1. The molecule has 1 fully saturated rings. The quantitative estimate of drug-likeness (QED) is 0.759. The van der Waals surface area contributed by atoms with Crippen LogP contribution in [-0.4, -0.2) is 35.0 Å². The van der Waals surface area contributed by atoms with Gasteiger partial charge >= 0.3 is 6.09 Å². The normalized spacial score (nSPS) is 16.8. The maximum absolute atomic E-state index is 13.1. The van der Waals surface area contributed by atoms with E-state index in [1.54, 1.807) is 29.1 Å². The molecule has 6 nitrogen and oxygen atoms in total. The first-order valence-corrected chi connectivity index (χ1v) is 8.53. The summed E-state index contributed by atoms with van der Waals surface area (Å²) < 4.78 is 20.4. The zero-order chi connectivity index (χ0) is 18.1. The molecule has 0 bridgehead atoms. The minimum Gasteiger partial charge on any atom is -0.410 e. The van der Waals surface area contributed by atoms with Crippen LogP contribution in [0.4, 0.5) is 9.18 Å². The highest BCUT2D eigenvalue weighted by molar-refractivity contribution is 5.84. The summed E-state index contributed by atoms with van der Waals surface area (Å²) in [6, 6.07) is 9.95. The van der Waals surface area contributed by atoms with E-state index in [0.717, 1.165) is 41.7 Å². The summed E-state index contributed by atoms with van der Waals surface area (Å²) in [6.07, 6.45) is 2.15. The molecule has 3 aromatic rings. The number of hydrogen-bond acceptors (Lipinski definition) is 4. The average molecular weight is 354 g/mol. The zero-order valence-corrected chi connectivity index (χ0v) is 14.3. The number of nitrogens with one attached hydrogen (secondary N) is 2. The van der Waals surface area contributed by atoms with Crippen molar-refractivity contribution in [1.29, 1.82) is 0 Å². The van der Waals surface area contributed by atoms with E-state index >= 15 is 0 Å². The third-order valence-corrected chi connectivity index (χ3v) is 4.52. The van der Waals surface area contributed by atoms with E-state index in [9.17, 15) is 9.18 Å². The van der Waals surface area contributed by atoms with Crippen LogP contribution >= 0.6 is 0 Å². The van der Waals surface area contributed by atoms with Crippen LogP contribution in [0.5, 0.6) is 5.75 Å². The number of aromatic nitrogens is 2. The highest BCUT2D eigenvalue weighted by atomic mass is 19.1. The van der Waals surface area contributed by atoms with E-state index in [2.05, 4.69) is 15.7 Å². The summed E-state index contributed by atoms with van der Waals surface area (Å²) in [4.78, 5) is 12.1. The molecule has 2 heterocycles. The molecule has 1 saturated heterocycles. The molecule has 1 amide bonds. The van der Waals surface area contributed by atoms with Crippen molar-refractivity contribution in [2.75, 3.05) is 13.1 Å². The summed E-state index contributed by atoms with van der Waals surface area (Å²) in [5, 5.41) is 11.3. The number of carbonyl (C=O) groups is 1. The Hall–Kier alpha value is -2.93. The maximum atomic E-state index is 13.1. The van der Waals surface area contributed by atoms with Crippen LogP contribution in [0.15, 0.2) is 42.6 Å². The van der Waals surface area contributed by atoms with Gasteiger partial charge in [0.25, 0.3) is 0 Å². The Morgan fingerprint density at radius 3 is 2.88 bits per heavy atom. The molecule has 1 atom stereocenters. The van der Waals surface area contributed by atoms with E-state index in [1.807, 2.05) is 13.0 Å². The summed E-state index contributed by atoms with van der Waals surface area (Å²) in [6.45, 7) is 3.54. The predicted octanol–water partition coefficient (Wildman–Crippen LogP) is 2.92. The fourth-order valence-corrected chi connectivity index (χ4v) is 3.13. The molecule has 1 aliphatic rings. The molecular weight excluding hydrogens is 335 g/mol. The van der Waals surface area contributed by atoms with Crippen LogP contribution in [0.1, 0.15) is 12.0 Å². The molecule has 1 aromatic heterocycles. The molecule has 2 N–H and O–H groups in total. The van der Waals surface area contributed by atoms with Gasteiger partial charge in [0.05, 0.1) is 17.4 Å². The summed E-state index contributed by atoms with van der Waals surface area (Å²) in [5.74, 6) is 0.208. The third-order valence-electron chi connectivity index (χ3n) is 4.52. The third kappa shape index (κ3) is 3.25. The number of halogens is 1. The largest absolute Gasteiger partial charge is 0.412 e. The molecular formula is C19H19FN4O2. The van der Waals surface area contributed by atoms with Crippen molar-refractivity contribution in [2.24, 2.45) is 0 Å². The van der Waals surface area contributed by atoms with Gasteiger partial charge in [0.15, 0.2) is 0 Å². The van der Waals surface area contributed by atoms with Crippen LogP contribution < -0.4 is 15.4 Å². The predicted molar refractivity (Wildman–Crippen MR) is 96.2 cm³/mol. The number of hydrogen-bond donors (Lipinski definition) is 2. The van der Waals surface area contributed by atoms with Crippen molar-refractivity contribution < 1.29 is 13.9 Å². The van der Waals surface area contributed by atoms with Gasteiger partial charge in [0.2, 0.25) is 0 Å². The first kappa shape index (κ1) is 16.5. The number of rotatable bonds is 3. The molecule has 26 heavy (non-hydrogen) atoms. The summed E-state index contributed by atoms with van der Waals surface area (Å²) >= 11 is 0. The molecule has 7 heteroatoms. The SMILES string of the molecule is Cc1cc2c(cnn2-c2ccc(F)cc2)cc1OC(=O)NC1CCNC1. The minimum absolute atomic E-state index is 0.104. The number of amides is 1. The fourth-order valence-electron chi connectivity index (χ4n) is 3.13.